The molecule has 0 atom stereocenters. The zero-order chi connectivity index (χ0) is 26.4. The summed E-state index contributed by atoms with van der Waals surface area (Å²) in [5.41, 5.74) is 0.956. The molecule has 0 aliphatic rings. The molecule has 0 N–H and O–H groups in total. The third-order valence-electron chi connectivity index (χ3n) is 4.48. The van der Waals surface area contributed by atoms with E-state index in [1.807, 2.05) is 111 Å². The van der Waals surface area contributed by atoms with Gasteiger partial charge in [0.1, 0.15) is 0 Å². The van der Waals surface area contributed by atoms with Gasteiger partial charge < -0.3 is 0 Å². The zero-order valence-electron chi connectivity index (χ0n) is 21.2. The van der Waals surface area contributed by atoms with Gasteiger partial charge in [0.05, 0.1) is 0 Å². The number of benzene rings is 2. The smallest absolute Gasteiger partial charge is 0.236 e. The summed E-state index contributed by atoms with van der Waals surface area (Å²) >= 11 is 0. The number of halogens is 4. The predicted octanol–water partition coefficient (Wildman–Crippen LogP) is 9.36. The van der Waals surface area contributed by atoms with E-state index in [9.17, 15) is 17.6 Å². The Morgan fingerprint density at radius 3 is 1.19 bits per heavy atom. The van der Waals surface area contributed by atoms with Gasteiger partial charge in [0.25, 0.3) is 0 Å². The normalized spacial score (nSPS) is 9.89. The first-order chi connectivity index (χ1) is 17.5. The van der Waals surface area contributed by atoms with Crippen LogP contribution in [0.3, 0.4) is 0 Å². The number of allylic oxidation sites excluding steroid dienone is 4. The molecule has 4 aromatic rings. The maximum atomic E-state index is 12.9. The first kappa shape index (κ1) is 34.1. The Hall–Kier alpha value is -2.95. The van der Waals surface area contributed by atoms with E-state index in [2.05, 4.69) is 0 Å². The number of hydrogen-bond acceptors (Lipinski definition) is 0. The minimum atomic E-state index is -0.652. The van der Waals surface area contributed by atoms with Gasteiger partial charge in [-0.1, -0.05) is 51.0 Å². The van der Waals surface area contributed by atoms with Crippen LogP contribution in [0, 0.1) is 35.4 Å². The molecule has 0 aliphatic heterocycles. The monoisotopic (exact) mass is 540 g/mol. The van der Waals surface area contributed by atoms with Gasteiger partial charge in [-0.3, -0.25) is 0 Å². The minimum absolute atomic E-state index is 0. The molecule has 0 saturated heterocycles. The molecule has 0 saturated carbocycles. The Balaban J connectivity index is 0.000000502. The molecule has 192 valence electrons. The summed E-state index contributed by atoms with van der Waals surface area (Å²) in [6, 6.07) is 29.3. The summed E-state index contributed by atoms with van der Waals surface area (Å²) in [7, 11) is 0. The molecule has 0 fully saturated rings. The molecule has 4 rings (SSSR count). The third-order valence-corrected chi connectivity index (χ3v) is 4.48. The van der Waals surface area contributed by atoms with E-state index in [4.69, 9.17) is 0 Å². The van der Waals surface area contributed by atoms with Crippen molar-refractivity contribution in [3.8, 4) is 0 Å². The van der Waals surface area contributed by atoms with Crippen molar-refractivity contribution in [2.75, 3.05) is 0 Å². The first-order valence-electron chi connectivity index (χ1n) is 11.8. The van der Waals surface area contributed by atoms with Crippen molar-refractivity contribution in [1.82, 2.24) is 0 Å². The van der Waals surface area contributed by atoms with Crippen LogP contribution in [0.1, 0.15) is 37.8 Å². The van der Waals surface area contributed by atoms with Gasteiger partial charge in [0.15, 0.2) is 0 Å². The second kappa shape index (κ2) is 22.3. The molecular formula is C32H32F4Ti. The fraction of sp³-hybridized carbons (Fsp3) is 0.188. The van der Waals surface area contributed by atoms with Crippen molar-refractivity contribution < 1.29 is 39.3 Å². The van der Waals surface area contributed by atoms with Crippen molar-refractivity contribution in [2.24, 2.45) is 0 Å². The van der Waals surface area contributed by atoms with Crippen molar-refractivity contribution in [1.29, 1.82) is 0 Å². The Morgan fingerprint density at radius 1 is 0.595 bits per heavy atom. The Morgan fingerprint density at radius 2 is 0.946 bits per heavy atom. The summed E-state index contributed by atoms with van der Waals surface area (Å²) < 4.78 is 50.7. The largest absolute Gasteiger partial charge is 4.00 e. The van der Waals surface area contributed by atoms with Crippen molar-refractivity contribution in [2.45, 2.75) is 39.5 Å². The molecule has 0 radical (unpaired) electrons. The van der Waals surface area contributed by atoms with Gasteiger partial charge in [0.2, 0.25) is 0 Å². The van der Waals surface area contributed by atoms with Gasteiger partial charge in [-0.15, -0.1) is 35.4 Å². The summed E-state index contributed by atoms with van der Waals surface area (Å²) in [5, 5.41) is 0. The fourth-order valence-corrected chi connectivity index (χ4v) is 2.66. The Kier molecular flexibility index (Phi) is 20.5. The van der Waals surface area contributed by atoms with E-state index in [1.165, 1.54) is 24.3 Å². The van der Waals surface area contributed by atoms with Crippen molar-refractivity contribution in [3.05, 3.63) is 156 Å². The standard InChI is InChI=1S/2C11H11F2.2C5H5.Ti/c2*1-2-3-4-5-9-6-7-10(12)8-11(9)13;2*1-2-4-5-3-1;/h2*3-4,6-7H,2,5H2,1H3;2*1-5H;/q4*-1;+4. The van der Waals surface area contributed by atoms with Gasteiger partial charge >= 0.3 is 21.7 Å². The number of rotatable bonds is 6. The maximum Gasteiger partial charge on any atom is 4.00 e. The molecule has 0 amide bonds. The van der Waals surface area contributed by atoms with Gasteiger partial charge in [-0.05, 0) is 12.8 Å². The molecule has 0 heterocycles. The van der Waals surface area contributed by atoms with Crippen LogP contribution in [0.15, 0.2) is 109 Å². The van der Waals surface area contributed by atoms with E-state index in [0.717, 1.165) is 12.8 Å². The average molecular weight is 540 g/mol. The van der Waals surface area contributed by atoms with Crippen molar-refractivity contribution >= 4 is 0 Å². The molecule has 5 heteroatoms. The van der Waals surface area contributed by atoms with Crippen LogP contribution in [-0.2, 0) is 34.6 Å². The SMILES string of the molecule is CCC=CCc1ccc(F)[c-]c1F.CCC=CCc1ccc(F)[c-]c1F.[Ti+4].c1cc[cH-]c1.c1cc[cH-]c1. The van der Waals surface area contributed by atoms with Crippen LogP contribution in [0.4, 0.5) is 17.6 Å². The van der Waals surface area contributed by atoms with Gasteiger partial charge in [-0.25, -0.2) is 41.8 Å². The van der Waals surface area contributed by atoms with Crippen LogP contribution >= 0.6 is 0 Å². The van der Waals surface area contributed by atoms with Crippen molar-refractivity contribution in [3.63, 3.8) is 0 Å². The van der Waals surface area contributed by atoms with E-state index < -0.39 is 23.3 Å². The summed E-state index contributed by atoms with van der Waals surface area (Å²) in [6.07, 6.45) is 10.5. The third kappa shape index (κ3) is 17.2. The zero-order valence-corrected chi connectivity index (χ0v) is 22.8. The molecule has 0 bridgehead atoms. The van der Waals surface area contributed by atoms with E-state index in [1.54, 1.807) is 0 Å². The summed E-state index contributed by atoms with van der Waals surface area (Å²) in [6.45, 7) is 4.01. The second-order valence-electron chi connectivity index (χ2n) is 7.38. The molecule has 0 unspecified atom stereocenters. The summed E-state index contributed by atoms with van der Waals surface area (Å²) in [5.74, 6) is -2.50. The topological polar surface area (TPSA) is 0 Å². The van der Waals surface area contributed by atoms with Crippen LogP contribution in [0.5, 0.6) is 0 Å². The van der Waals surface area contributed by atoms with E-state index in [0.29, 0.717) is 24.0 Å². The molecule has 0 aliphatic carbocycles. The van der Waals surface area contributed by atoms with E-state index in [-0.39, 0.29) is 21.7 Å². The molecule has 0 nitrogen and oxygen atoms in total. The first-order valence-corrected chi connectivity index (χ1v) is 11.8. The quantitative estimate of drug-likeness (QED) is 0.0990. The molecule has 0 aromatic heterocycles. The Labute approximate surface area is 234 Å². The molecule has 4 aromatic carbocycles. The Bertz CT molecular complexity index is 974. The second-order valence-corrected chi connectivity index (χ2v) is 7.38. The predicted molar refractivity (Wildman–Crippen MR) is 141 cm³/mol. The van der Waals surface area contributed by atoms with Gasteiger partial charge in [0, 0.05) is 23.3 Å². The molecule has 0 spiro atoms. The van der Waals surface area contributed by atoms with Gasteiger partial charge in [-0.2, -0.15) is 48.5 Å². The average Bonchev–Trinajstić information content (AvgIpc) is 3.62. The van der Waals surface area contributed by atoms with Crippen LogP contribution in [-0.4, -0.2) is 0 Å². The van der Waals surface area contributed by atoms with Crippen LogP contribution in [0.2, 0.25) is 0 Å². The van der Waals surface area contributed by atoms with Crippen LogP contribution < -0.4 is 0 Å². The number of hydrogen-bond donors (Lipinski definition) is 0. The molecule has 37 heavy (non-hydrogen) atoms. The van der Waals surface area contributed by atoms with E-state index >= 15 is 0 Å². The minimum Gasteiger partial charge on any atom is -0.236 e. The summed E-state index contributed by atoms with van der Waals surface area (Å²) in [4.78, 5) is 0. The fourth-order valence-electron chi connectivity index (χ4n) is 2.66. The van der Waals surface area contributed by atoms with Crippen LogP contribution in [0.25, 0.3) is 0 Å². The molecular weight excluding hydrogens is 508 g/mol. The maximum absolute atomic E-state index is 12.9.